The third kappa shape index (κ3) is 7.69. The number of aromatic nitrogens is 2. The molecule has 2 heterocycles. The number of hydrogen-bond donors (Lipinski definition) is 2. The van der Waals surface area contributed by atoms with Gasteiger partial charge in [0.15, 0.2) is 11.0 Å². The molecule has 1 aromatic heterocycles. The Morgan fingerprint density at radius 3 is 2.39 bits per heavy atom. The maximum atomic E-state index is 13.5. The lowest BCUT2D eigenvalue weighted by atomic mass is 9.58. The van der Waals surface area contributed by atoms with Crippen molar-refractivity contribution in [3.63, 3.8) is 0 Å². The lowest BCUT2D eigenvalue weighted by molar-refractivity contribution is -0.104. The van der Waals surface area contributed by atoms with Gasteiger partial charge in [-0.2, -0.15) is 4.98 Å². The SMILES string of the molecule is Cc1cccc(C)c1-c1cc2nc(n1)NS(=O)c1cccc(c1)CCC(C1CC(O)(Cc3ccccc3)C1)[C@H](CC(C)(C)C)CO2. The predicted molar refractivity (Wildman–Crippen MR) is 186 cm³/mol. The van der Waals surface area contributed by atoms with Crippen molar-refractivity contribution < 1.29 is 14.1 Å². The van der Waals surface area contributed by atoms with Crippen LogP contribution in [0.15, 0.2) is 83.8 Å². The second-order valence-corrected chi connectivity index (χ2v) is 16.0. The van der Waals surface area contributed by atoms with Gasteiger partial charge in [-0.25, -0.2) is 9.19 Å². The van der Waals surface area contributed by atoms with Gasteiger partial charge >= 0.3 is 0 Å². The van der Waals surface area contributed by atoms with E-state index in [2.05, 4.69) is 69.7 Å². The molecule has 4 aromatic rings. The van der Waals surface area contributed by atoms with Gasteiger partial charge in [-0.05, 0) is 104 Å². The highest BCUT2D eigenvalue weighted by atomic mass is 32.2. The average Bonchev–Trinajstić information content (AvgIpc) is 2.98. The van der Waals surface area contributed by atoms with Crippen LogP contribution in [0.2, 0.25) is 0 Å². The van der Waals surface area contributed by atoms with Crippen LogP contribution in [0.5, 0.6) is 5.88 Å². The van der Waals surface area contributed by atoms with Gasteiger partial charge in [0.25, 0.3) is 0 Å². The highest BCUT2D eigenvalue weighted by molar-refractivity contribution is 7.86. The van der Waals surface area contributed by atoms with E-state index in [1.807, 2.05) is 48.5 Å². The molecule has 46 heavy (non-hydrogen) atoms. The van der Waals surface area contributed by atoms with E-state index in [1.54, 1.807) is 0 Å². The normalized spacial score (nSPS) is 25.0. The summed E-state index contributed by atoms with van der Waals surface area (Å²) in [5.74, 6) is 1.77. The number of nitrogens with one attached hydrogen (secondary N) is 1. The molecule has 6 rings (SSSR count). The van der Waals surface area contributed by atoms with Gasteiger partial charge in [-0.1, -0.05) is 81.4 Å². The molecular weight excluding hydrogens is 591 g/mol. The number of aryl methyl sites for hydroxylation is 3. The maximum Gasteiger partial charge on any atom is 0.238 e. The van der Waals surface area contributed by atoms with E-state index in [4.69, 9.17) is 14.7 Å². The van der Waals surface area contributed by atoms with Crippen LogP contribution >= 0.6 is 0 Å². The Balaban J connectivity index is 1.36. The van der Waals surface area contributed by atoms with Crippen molar-refractivity contribution in [3.05, 3.63) is 101 Å². The summed E-state index contributed by atoms with van der Waals surface area (Å²) in [6.45, 7) is 11.6. The fourth-order valence-electron chi connectivity index (χ4n) is 7.69. The van der Waals surface area contributed by atoms with E-state index in [1.165, 1.54) is 5.56 Å². The summed E-state index contributed by atoms with van der Waals surface area (Å²) in [5, 5.41) is 11.6. The summed E-state index contributed by atoms with van der Waals surface area (Å²) in [7, 11) is -1.54. The molecule has 1 aliphatic carbocycles. The number of rotatable bonds is 5. The van der Waals surface area contributed by atoms with Crippen LogP contribution in [0.1, 0.15) is 68.7 Å². The summed E-state index contributed by atoms with van der Waals surface area (Å²) >= 11 is 0. The average molecular weight is 638 g/mol. The molecule has 1 aliphatic heterocycles. The van der Waals surface area contributed by atoms with Crippen LogP contribution < -0.4 is 9.46 Å². The Bertz CT molecular complexity index is 1670. The van der Waals surface area contributed by atoms with Gasteiger partial charge in [-0.15, -0.1) is 0 Å². The van der Waals surface area contributed by atoms with Gasteiger partial charge in [0, 0.05) is 18.1 Å². The Morgan fingerprint density at radius 1 is 0.957 bits per heavy atom. The molecule has 3 aromatic carbocycles. The van der Waals surface area contributed by atoms with Crippen LogP contribution in [0.4, 0.5) is 5.95 Å². The molecule has 7 heteroatoms. The lowest BCUT2D eigenvalue weighted by Gasteiger charge is -2.50. The smallest absolute Gasteiger partial charge is 0.238 e. The molecule has 2 N–H and O–H groups in total. The molecule has 4 bridgehead atoms. The van der Waals surface area contributed by atoms with Crippen LogP contribution in [0.3, 0.4) is 0 Å². The van der Waals surface area contributed by atoms with E-state index in [0.29, 0.717) is 35.6 Å². The van der Waals surface area contributed by atoms with Crippen molar-refractivity contribution in [1.82, 2.24) is 9.97 Å². The molecular formula is C39H47N3O3S. The monoisotopic (exact) mass is 637 g/mol. The third-order valence-electron chi connectivity index (χ3n) is 9.69. The number of fused-ring (bicyclic) bond motifs is 4. The van der Waals surface area contributed by atoms with E-state index >= 15 is 0 Å². The van der Waals surface area contributed by atoms with Crippen LogP contribution in [0.25, 0.3) is 11.3 Å². The first-order valence-electron chi connectivity index (χ1n) is 16.6. The van der Waals surface area contributed by atoms with Crippen LogP contribution in [-0.4, -0.2) is 31.5 Å². The number of ether oxygens (including phenoxy) is 1. The molecule has 0 saturated heterocycles. The fourth-order valence-corrected chi connectivity index (χ4v) is 8.53. The minimum Gasteiger partial charge on any atom is -0.477 e. The molecule has 0 radical (unpaired) electrons. The van der Waals surface area contributed by atoms with Gasteiger partial charge in [0.2, 0.25) is 11.8 Å². The third-order valence-corrected chi connectivity index (χ3v) is 10.7. The summed E-state index contributed by atoms with van der Waals surface area (Å²) in [6.07, 6.45) is 5.11. The second kappa shape index (κ2) is 13.3. The molecule has 0 amide bonds. The molecule has 242 valence electrons. The molecule has 1 saturated carbocycles. The molecule has 2 aliphatic rings. The topological polar surface area (TPSA) is 84.3 Å². The first kappa shape index (κ1) is 32.4. The van der Waals surface area contributed by atoms with Crippen molar-refractivity contribution in [3.8, 4) is 17.1 Å². The molecule has 2 unspecified atom stereocenters. The number of benzene rings is 3. The predicted octanol–water partition coefficient (Wildman–Crippen LogP) is 8.27. The van der Waals surface area contributed by atoms with E-state index in [-0.39, 0.29) is 17.3 Å². The largest absolute Gasteiger partial charge is 0.477 e. The summed E-state index contributed by atoms with van der Waals surface area (Å²) in [5.41, 5.74) is 5.76. The van der Waals surface area contributed by atoms with Gasteiger partial charge < -0.3 is 9.84 Å². The number of anilines is 1. The van der Waals surface area contributed by atoms with Crippen molar-refractivity contribution in [1.29, 1.82) is 0 Å². The molecule has 0 spiro atoms. The number of nitrogens with zero attached hydrogens (tertiary/aromatic N) is 2. The Morgan fingerprint density at radius 2 is 1.67 bits per heavy atom. The zero-order valence-electron chi connectivity index (χ0n) is 27.8. The van der Waals surface area contributed by atoms with Crippen LogP contribution in [-0.2, 0) is 23.8 Å². The highest BCUT2D eigenvalue weighted by Crippen LogP contribution is 2.49. The summed E-state index contributed by atoms with van der Waals surface area (Å²) in [4.78, 5) is 10.2. The highest BCUT2D eigenvalue weighted by Gasteiger charge is 2.48. The standard InChI is InChI=1S/C39H47N3O3S/c1-26-11-9-12-27(2)36(26)34-20-35-41-37(40-34)42-46(44)32-16-10-15-28(19-32)17-18-33(31(25-45-35)22-38(3,4)5)30-23-39(43,24-30)21-29-13-7-6-8-14-29/h6-16,19-20,30-31,33,43H,17-18,21-25H2,1-5H3,(H,40,41,42)/t30?,31-,33?,39?,46?/m1/s1. The quantitative estimate of drug-likeness (QED) is 0.230. The van der Waals surface area contributed by atoms with Crippen molar-refractivity contribution in [2.75, 3.05) is 11.3 Å². The zero-order chi connectivity index (χ0) is 32.5. The Labute approximate surface area is 276 Å². The number of aliphatic hydroxyl groups is 1. The zero-order valence-corrected chi connectivity index (χ0v) is 28.6. The first-order chi connectivity index (χ1) is 21.9. The minimum atomic E-state index is -1.54. The summed E-state index contributed by atoms with van der Waals surface area (Å²) in [6, 6.07) is 26.5. The van der Waals surface area contributed by atoms with Gasteiger partial charge in [-0.3, -0.25) is 4.72 Å². The fraction of sp³-hybridized carbons (Fsp3) is 0.436. The van der Waals surface area contributed by atoms with Gasteiger partial charge in [0.1, 0.15) is 0 Å². The molecule has 3 atom stereocenters. The van der Waals surface area contributed by atoms with Gasteiger partial charge in [0.05, 0.1) is 22.8 Å². The lowest BCUT2D eigenvalue weighted by Crippen LogP contribution is -2.50. The second-order valence-electron chi connectivity index (χ2n) is 14.8. The maximum absolute atomic E-state index is 13.5. The van der Waals surface area contributed by atoms with E-state index in [9.17, 15) is 9.32 Å². The Kier molecular flexibility index (Phi) is 9.36. The van der Waals surface area contributed by atoms with Crippen molar-refractivity contribution >= 4 is 16.9 Å². The Hall–Kier alpha value is -3.55. The van der Waals surface area contributed by atoms with Crippen LogP contribution in [0, 0.1) is 37.0 Å². The summed E-state index contributed by atoms with van der Waals surface area (Å²) < 4.78 is 23.2. The van der Waals surface area contributed by atoms with Crippen molar-refractivity contribution in [2.45, 2.75) is 83.6 Å². The van der Waals surface area contributed by atoms with Crippen molar-refractivity contribution in [2.24, 2.45) is 23.2 Å². The molecule has 6 nitrogen and oxygen atoms in total. The minimum absolute atomic E-state index is 0.0976. The van der Waals surface area contributed by atoms with E-state index in [0.717, 1.165) is 60.1 Å². The number of hydrogen-bond acceptors (Lipinski definition) is 5. The van der Waals surface area contributed by atoms with E-state index < -0.39 is 16.6 Å². The molecule has 1 fully saturated rings. The first-order valence-corrected chi connectivity index (χ1v) is 17.7.